The Balaban J connectivity index is 1.03. The fraction of sp³-hybridized carbons (Fsp3) is 1.00. The van der Waals surface area contributed by atoms with Crippen molar-refractivity contribution < 1.29 is 14.6 Å². The largest absolute Gasteiger partial charge is 0.378 e. The molecule has 7 heteroatoms. The molecule has 3 aliphatic heterocycles. The Kier molecular flexibility index (Phi) is 8.42. The van der Waals surface area contributed by atoms with Crippen molar-refractivity contribution in [2.24, 2.45) is 41.4 Å². The third-order valence-electron chi connectivity index (χ3n) is 12.6. The molecule has 0 spiro atoms. The summed E-state index contributed by atoms with van der Waals surface area (Å²) in [5, 5.41) is 21.9. The topological polar surface area (TPSA) is 53.4 Å². The van der Waals surface area contributed by atoms with Crippen LogP contribution in [-0.4, -0.2) is 107 Å². The van der Waals surface area contributed by atoms with Crippen molar-refractivity contribution in [1.82, 2.24) is 19.6 Å². The normalized spacial score (nSPS) is 43.0. The van der Waals surface area contributed by atoms with Crippen molar-refractivity contribution in [2.45, 2.75) is 115 Å². The van der Waals surface area contributed by atoms with Crippen molar-refractivity contribution in [1.29, 1.82) is 0 Å². The van der Waals surface area contributed by atoms with Gasteiger partial charge in [-0.05, 0) is 147 Å². The Morgan fingerprint density at radius 3 is 1.97 bits per heavy atom. The highest BCUT2D eigenvalue weighted by atomic mass is 19.1. The summed E-state index contributed by atoms with van der Waals surface area (Å²) in [5.41, 5.74) is -0.398. The first kappa shape index (κ1) is 28.8. The van der Waals surface area contributed by atoms with Crippen LogP contribution in [0.5, 0.6) is 0 Å². The van der Waals surface area contributed by atoms with Crippen LogP contribution in [0.1, 0.15) is 84.5 Å². The lowest BCUT2D eigenvalue weighted by Crippen LogP contribution is -2.59. The van der Waals surface area contributed by atoms with Gasteiger partial charge in [-0.15, -0.1) is 0 Å². The number of halogens is 1. The van der Waals surface area contributed by atoms with Crippen LogP contribution in [0.15, 0.2) is 0 Å². The Bertz CT molecular complexity index is 819. The molecule has 0 aromatic carbocycles. The van der Waals surface area contributed by atoms with Gasteiger partial charge in [0, 0.05) is 25.6 Å². The van der Waals surface area contributed by atoms with Crippen molar-refractivity contribution in [3.05, 3.63) is 0 Å². The van der Waals surface area contributed by atoms with E-state index in [1.165, 1.54) is 51.6 Å². The van der Waals surface area contributed by atoms with E-state index in [0.29, 0.717) is 30.1 Å². The zero-order valence-electron chi connectivity index (χ0n) is 25.2. The molecule has 6 unspecified atom stereocenters. The summed E-state index contributed by atoms with van der Waals surface area (Å²) in [6.07, 6.45) is 11.5. The predicted octanol–water partition coefficient (Wildman–Crippen LogP) is 4.22. The van der Waals surface area contributed by atoms with Gasteiger partial charge in [-0.2, -0.15) is 0 Å². The fourth-order valence-electron chi connectivity index (χ4n) is 9.49. The maximum atomic E-state index is 16.2. The van der Waals surface area contributed by atoms with Gasteiger partial charge < -0.3 is 15.1 Å². The number of likely N-dealkylation sites (tertiary alicyclic amines) is 2. The van der Waals surface area contributed by atoms with E-state index >= 15 is 4.39 Å². The molecule has 0 aromatic heterocycles. The number of nitrogens with zero attached hydrogens (tertiary/aromatic N) is 4. The van der Waals surface area contributed by atoms with Crippen LogP contribution in [-0.2, 0) is 0 Å². The summed E-state index contributed by atoms with van der Waals surface area (Å²) in [4.78, 5) is 9.18. The zero-order valence-corrected chi connectivity index (χ0v) is 25.2. The minimum absolute atomic E-state index is 0.0357. The first-order valence-electron chi connectivity index (χ1n) is 16.5. The molecule has 3 aliphatic carbocycles. The molecule has 0 aromatic rings. The van der Waals surface area contributed by atoms with Gasteiger partial charge >= 0.3 is 0 Å². The Morgan fingerprint density at radius 1 is 0.821 bits per heavy atom. The Morgan fingerprint density at radius 2 is 1.38 bits per heavy atom. The minimum atomic E-state index is -0.791. The second kappa shape index (κ2) is 11.4. The van der Waals surface area contributed by atoms with Gasteiger partial charge in [0.05, 0.1) is 11.7 Å². The predicted molar refractivity (Wildman–Crippen MR) is 154 cm³/mol. The number of likely N-dealkylation sites (N-methyl/N-ethyl adjacent to an activating group) is 1. The highest BCUT2D eigenvalue weighted by Crippen LogP contribution is 2.48. The molecule has 6 nitrogen and oxygen atoms in total. The monoisotopic (exact) mass is 548 g/mol. The fourth-order valence-corrected chi connectivity index (χ4v) is 9.49. The first-order chi connectivity index (χ1) is 18.6. The summed E-state index contributed by atoms with van der Waals surface area (Å²) in [6, 6.07) is 0. The second-order valence-corrected chi connectivity index (χ2v) is 15.4. The lowest BCUT2D eigenvalue weighted by atomic mass is 9.65. The van der Waals surface area contributed by atoms with Gasteiger partial charge in [-0.1, -0.05) is 0 Å². The Labute approximate surface area is 237 Å². The van der Waals surface area contributed by atoms with Gasteiger partial charge in [-0.25, -0.2) is 4.39 Å². The number of rotatable bonds is 7. The maximum Gasteiger partial charge on any atom is 0.126 e. The molecule has 3 heterocycles. The number of piperidine rings is 1. The summed E-state index contributed by atoms with van der Waals surface area (Å²) >= 11 is 0. The van der Waals surface area contributed by atoms with Crippen LogP contribution in [0.3, 0.4) is 0 Å². The molecular weight excluding hydrogens is 491 g/mol. The SMILES string of the molecule is CN1CCC(C2CCC(C3CCC(C4N(CC5CN(C(O)C6CC6)C5)C(O)C(C)(C)N4C)C(F)C3)CC2)CC1. The van der Waals surface area contributed by atoms with Crippen LogP contribution in [0.2, 0.25) is 0 Å². The molecular formula is C32H57FN4O2. The molecule has 6 aliphatic rings. The van der Waals surface area contributed by atoms with Crippen LogP contribution in [0.25, 0.3) is 0 Å². The highest BCUT2D eigenvalue weighted by Gasteiger charge is 2.56. The van der Waals surface area contributed by atoms with Crippen molar-refractivity contribution in [3.63, 3.8) is 0 Å². The summed E-state index contributed by atoms with van der Waals surface area (Å²) < 4.78 is 16.2. The molecule has 3 saturated heterocycles. The van der Waals surface area contributed by atoms with E-state index in [2.05, 4.69) is 47.5 Å². The van der Waals surface area contributed by atoms with Gasteiger partial charge in [0.1, 0.15) is 18.6 Å². The molecule has 0 amide bonds. The number of aliphatic hydroxyl groups is 2. The second-order valence-electron chi connectivity index (χ2n) is 15.4. The van der Waals surface area contributed by atoms with Crippen molar-refractivity contribution in [3.8, 4) is 0 Å². The summed E-state index contributed by atoms with van der Waals surface area (Å²) in [7, 11) is 4.35. The van der Waals surface area contributed by atoms with E-state index in [-0.39, 0.29) is 18.3 Å². The smallest absolute Gasteiger partial charge is 0.126 e. The summed E-state index contributed by atoms with van der Waals surface area (Å²) in [6.45, 7) is 9.32. The molecule has 0 bridgehead atoms. The van der Waals surface area contributed by atoms with E-state index in [4.69, 9.17) is 0 Å². The van der Waals surface area contributed by atoms with Gasteiger partial charge in [0.2, 0.25) is 0 Å². The highest BCUT2D eigenvalue weighted by molar-refractivity contribution is 5.05. The number of hydrogen-bond donors (Lipinski definition) is 2. The third kappa shape index (κ3) is 5.71. The van der Waals surface area contributed by atoms with Crippen LogP contribution in [0.4, 0.5) is 4.39 Å². The zero-order chi connectivity index (χ0) is 27.5. The maximum absolute atomic E-state index is 16.2. The first-order valence-corrected chi connectivity index (χ1v) is 16.5. The quantitative estimate of drug-likeness (QED) is 0.497. The molecule has 6 atom stereocenters. The van der Waals surface area contributed by atoms with Crippen molar-refractivity contribution >= 4 is 0 Å². The number of hydrogen-bond acceptors (Lipinski definition) is 6. The van der Waals surface area contributed by atoms with Gasteiger partial charge in [0.15, 0.2) is 0 Å². The third-order valence-corrected chi connectivity index (χ3v) is 12.6. The van der Waals surface area contributed by atoms with Crippen molar-refractivity contribution in [2.75, 3.05) is 46.8 Å². The number of alkyl halides is 1. The average Bonchev–Trinajstić information content (AvgIpc) is 3.73. The number of aliphatic hydroxyl groups excluding tert-OH is 2. The van der Waals surface area contributed by atoms with E-state index in [9.17, 15) is 10.2 Å². The lowest BCUT2D eigenvalue weighted by molar-refractivity contribution is -0.104. The van der Waals surface area contributed by atoms with Gasteiger partial charge in [-0.3, -0.25) is 14.7 Å². The van der Waals surface area contributed by atoms with E-state index < -0.39 is 17.9 Å². The molecule has 39 heavy (non-hydrogen) atoms. The van der Waals surface area contributed by atoms with E-state index in [1.54, 1.807) is 0 Å². The van der Waals surface area contributed by atoms with Crippen LogP contribution < -0.4 is 0 Å². The molecule has 224 valence electrons. The van der Waals surface area contributed by atoms with Crippen LogP contribution >= 0.6 is 0 Å². The summed E-state index contributed by atoms with van der Waals surface area (Å²) in [5.74, 6) is 3.95. The molecule has 6 fully saturated rings. The minimum Gasteiger partial charge on any atom is -0.378 e. The lowest BCUT2D eigenvalue weighted by Gasteiger charge is -2.47. The Hall–Kier alpha value is -0.310. The molecule has 3 saturated carbocycles. The van der Waals surface area contributed by atoms with Gasteiger partial charge in [0.25, 0.3) is 0 Å². The van der Waals surface area contributed by atoms with E-state index in [1.807, 2.05) is 0 Å². The van der Waals surface area contributed by atoms with E-state index in [0.717, 1.165) is 57.2 Å². The average molecular weight is 549 g/mol. The molecule has 6 rings (SSSR count). The standard InChI is InChI=1S/C32H57FN4O2/c1-32(2)31(39)37(20-21-18-36(19-21)30(38)25-9-10-25)29(35(32)4)27-12-11-26(17-28(27)33)23-7-5-22(6-8-23)24-13-15-34(3)16-14-24/h21-31,38-39H,5-20H2,1-4H3. The molecule has 0 radical (unpaired) electrons. The molecule has 2 N–H and O–H groups in total. The van der Waals surface area contributed by atoms with Crippen LogP contribution in [0, 0.1) is 41.4 Å².